The van der Waals surface area contributed by atoms with Crippen molar-refractivity contribution in [2.75, 3.05) is 5.32 Å². The van der Waals surface area contributed by atoms with E-state index in [1.54, 1.807) is 24.4 Å². The zero-order valence-electron chi connectivity index (χ0n) is 15.9. The molecule has 0 unspecified atom stereocenters. The number of aryl methyl sites for hydroxylation is 1. The van der Waals surface area contributed by atoms with Gasteiger partial charge in [0.05, 0.1) is 11.7 Å². The predicted octanol–water partition coefficient (Wildman–Crippen LogP) is 0.875. The Hall–Kier alpha value is -3.27. The van der Waals surface area contributed by atoms with Crippen LogP contribution in [0.2, 0.25) is 0 Å². The SMILES string of the molecule is Cc1cc2c(CN)cccc2n1-c1nncc(NCc2cccc(B(O)O)c2)n1. The summed E-state index contributed by atoms with van der Waals surface area (Å²) in [7, 11) is -1.49. The van der Waals surface area contributed by atoms with Crippen molar-refractivity contribution in [3.05, 3.63) is 71.5 Å². The van der Waals surface area contributed by atoms with Crippen LogP contribution in [-0.2, 0) is 13.1 Å². The van der Waals surface area contributed by atoms with Crippen molar-refractivity contribution in [1.82, 2.24) is 19.7 Å². The molecule has 0 aliphatic rings. The fourth-order valence-corrected chi connectivity index (χ4v) is 3.40. The minimum Gasteiger partial charge on any atom is -0.423 e. The normalized spacial score (nSPS) is 11.0. The number of rotatable bonds is 6. The second kappa shape index (κ2) is 8.00. The van der Waals surface area contributed by atoms with Gasteiger partial charge in [0, 0.05) is 24.2 Å². The summed E-state index contributed by atoms with van der Waals surface area (Å²) < 4.78 is 1.95. The Balaban J connectivity index is 1.62. The summed E-state index contributed by atoms with van der Waals surface area (Å²) in [6.07, 6.45) is 1.56. The average molecular weight is 388 g/mol. The Morgan fingerprint density at radius 3 is 2.76 bits per heavy atom. The first-order valence-corrected chi connectivity index (χ1v) is 9.26. The van der Waals surface area contributed by atoms with Crippen molar-refractivity contribution in [2.24, 2.45) is 5.73 Å². The molecule has 0 spiro atoms. The molecule has 2 heterocycles. The number of fused-ring (bicyclic) bond motifs is 1. The molecule has 4 rings (SSSR count). The maximum atomic E-state index is 9.32. The third kappa shape index (κ3) is 3.84. The lowest BCUT2D eigenvalue weighted by Crippen LogP contribution is -2.30. The average Bonchev–Trinajstić information content (AvgIpc) is 3.08. The third-order valence-corrected chi connectivity index (χ3v) is 4.81. The summed E-state index contributed by atoms with van der Waals surface area (Å²) in [5.74, 6) is 1.04. The number of benzene rings is 2. The van der Waals surface area contributed by atoms with Gasteiger partial charge in [0.1, 0.15) is 0 Å². The molecular formula is C20H21BN6O2. The van der Waals surface area contributed by atoms with Gasteiger partial charge in [-0.25, -0.2) is 0 Å². The Bertz CT molecular complexity index is 1160. The van der Waals surface area contributed by atoms with Crippen LogP contribution < -0.4 is 16.5 Å². The number of nitrogens with zero attached hydrogens (tertiary/aromatic N) is 4. The van der Waals surface area contributed by atoms with Gasteiger partial charge in [0.2, 0.25) is 0 Å². The second-order valence-corrected chi connectivity index (χ2v) is 6.79. The van der Waals surface area contributed by atoms with Crippen molar-refractivity contribution in [3.8, 4) is 5.95 Å². The summed E-state index contributed by atoms with van der Waals surface area (Å²) in [6, 6.07) is 15.1. The zero-order chi connectivity index (χ0) is 20.4. The number of aromatic nitrogens is 4. The third-order valence-electron chi connectivity index (χ3n) is 4.81. The van der Waals surface area contributed by atoms with Crippen LogP contribution in [0.15, 0.2) is 54.7 Å². The highest BCUT2D eigenvalue weighted by Crippen LogP contribution is 2.25. The fraction of sp³-hybridized carbons (Fsp3) is 0.150. The van der Waals surface area contributed by atoms with Crippen LogP contribution >= 0.6 is 0 Å². The van der Waals surface area contributed by atoms with Gasteiger partial charge in [-0.05, 0) is 35.6 Å². The van der Waals surface area contributed by atoms with E-state index in [1.807, 2.05) is 35.8 Å². The van der Waals surface area contributed by atoms with Crippen molar-refractivity contribution < 1.29 is 10.0 Å². The van der Waals surface area contributed by atoms with Crippen molar-refractivity contribution in [1.29, 1.82) is 0 Å². The highest BCUT2D eigenvalue weighted by molar-refractivity contribution is 6.58. The molecular weight excluding hydrogens is 367 g/mol. The first-order valence-electron chi connectivity index (χ1n) is 9.26. The summed E-state index contributed by atoms with van der Waals surface area (Å²) in [5, 5.41) is 31.2. The molecule has 29 heavy (non-hydrogen) atoms. The number of anilines is 1. The first kappa shape index (κ1) is 19.1. The predicted molar refractivity (Wildman–Crippen MR) is 113 cm³/mol. The molecule has 0 radical (unpaired) electrons. The topological polar surface area (TPSA) is 122 Å². The van der Waals surface area contributed by atoms with Gasteiger partial charge in [-0.2, -0.15) is 10.1 Å². The molecule has 8 nitrogen and oxygen atoms in total. The van der Waals surface area contributed by atoms with E-state index in [2.05, 4.69) is 26.6 Å². The molecule has 0 aliphatic carbocycles. The molecule has 5 N–H and O–H groups in total. The second-order valence-electron chi connectivity index (χ2n) is 6.79. The largest absolute Gasteiger partial charge is 0.488 e. The van der Waals surface area contributed by atoms with Gasteiger partial charge >= 0.3 is 7.12 Å². The smallest absolute Gasteiger partial charge is 0.423 e. The van der Waals surface area contributed by atoms with E-state index < -0.39 is 7.12 Å². The van der Waals surface area contributed by atoms with E-state index in [0.29, 0.717) is 30.3 Å². The molecule has 0 saturated heterocycles. The fourth-order valence-electron chi connectivity index (χ4n) is 3.40. The van der Waals surface area contributed by atoms with E-state index >= 15 is 0 Å². The van der Waals surface area contributed by atoms with Gasteiger partial charge < -0.3 is 21.1 Å². The van der Waals surface area contributed by atoms with Gasteiger partial charge in [-0.3, -0.25) is 4.57 Å². The van der Waals surface area contributed by atoms with Crippen LogP contribution in [0.3, 0.4) is 0 Å². The van der Waals surface area contributed by atoms with Crippen LogP contribution in [0.1, 0.15) is 16.8 Å². The molecule has 9 heteroatoms. The molecule has 4 aromatic rings. The Kier molecular flexibility index (Phi) is 5.26. The molecule has 2 aromatic carbocycles. The van der Waals surface area contributed by atoms with Gasteiger partial charge in [0.15, 0.2) is 5.82 Å². The first-order chi connectivity index (χ1) is 14.1. The molecule has 0 atom stereocenters. The standard InChI is InChI=1S/C20H21BN6O2/c1-13-8-17-15(10-22)5-3-7-18(17)27(13)20-25-19(12-24-26-20)23-11-14-4-2-6-16(9-14)21(28)29/h2-9,12,28-29H,10-11,22H2,1H3,(H,23,25,26). The number of hydrogen-bond acceptors (Lipinski definition) is 7. The zero-order valence-corrected chi connectivity index (χ0v) is 15.9. The molecule has 0 amide bonds. The molecule has 0 bridgehead atoms. The van der Waals surface area contributed by atoms with Crippen LogP contribution in [0.4, 0.5) is 5.82 Å². The van der Waals surface area contributed by atoms with Crippen molar-refractivity contribution in [2.45, 2.75) is 20.0 Å². The lowest BCUT2D eigenvalue weighted by molar-refractivity contribution is 0.425. The van der Waals surface area contributed by atoms with E-state index in [-0.39, 0.29) is 0 Å². The molecule has 0 aliphatic heterocycles. The molecule has 146 valence electrons. The maximum absolute atomic E-state index is 9.32. The molecule has 0 saturated carbocycles. The Morgan fingerprint density at radius 2 is 1.97 bits per heavy atom. The maximum Gasteiger partial charge on any atom is 0.488 e. The summed E-state index contributed by atoms with van der Waals surface area (Å²) in [4.78, 5) is 4.60. The minimum absolute atomic E-state index is 0.441. The number of hydrogen-bond donors (Lipinski definition) is 4. The molecule has 2 aromatic heterocycles. The van der Waals surface area contributed by atoms with Gasteiger partial charge in [-0.15, -0.1) is 5.10 Å². The van der Waals surface area contributed by atoms with E-state index in [4.69, 9.17) is 5.73 Å². The van der Waals surface area contributed by atoms with E-state index in [9.17, 15) is 10.0 Å². The van der Waals surface area contributed by atoms with Crippen LogP contribution in [-0.4, -0.2) is 36.9 Å². The van der Waals surface area contributed by atoms with Crippen LogP contribution in [0.25, 0.3) is 16.9 Å². The Morgan fingerprint density at radius 1 is 1.14 bits per heavy atom. The monoisotopic (exact) mass is 388 g/mol. The Labute approximate surface area is 168 Å². The number of nitrogens with two attached hydrogens (primary N) is 1. The van der Waals surface area contributed by atoms with Crippen LogP contribution in [0.5, 0.6) is 0 Å². The summed E-state index contributed by atoms with van der Waals surface area (Å²) in [6.45, 7) is 2.92. The summed E-state index contributed by atoms with van der Waals surface area (Å²) in [5.41, 5.74) is 10.2. The van der Waals surface area contributed by atoms with Crippen molar-refractivity contribution >= 4 is 29.3 Å². The molecule has 0 fully saturated rings. The van der Waals surface area contributed by atoms with Crippen LogP contribution in [0, 0.1) is 6.92 Å². The van der Waals surface area contributed by atoms with Crippen molar-refractivity contribution in [3.63, 3.8) is 0 Å². The highest BCUT2D eigenvalue weighted by atomic mass is 16.4. The summed E-state index contributed by atoms with van der Waals surface area (Å²) >= 11 is 0. The quantitative estimate of drug-likeness (QED) is 0.362. The van der Waals surface area contributed by atoms with E-state index in [0.717, 1.165) is 27.7 Å². The minimum atomic E-state index is -1.49. The highest BCUT2D eigenvalue weighted by Gasteiger charge is 2.14. The van der Waals surface area contributed by atoms with Gasteiger partial charge in [-0.1, -0.05) is 36.4 Å². The van der Waals surface area contributed by atoms with Gasteiger partial charge in [0.25, 0.3) is 5.95 Å². The lowest BCUT2D eigenvalue weighted by Gasteiger charge is -2.10. The lowest BCUT2D eigenvalue weighted by atomic mass is 9.80. The van der Waals surface area contributed by atoms with E-state index in [1.165, 1.54) is 0 Å². The number of nitrogens with one attached hydrogen (secondary N) is 1.